The summed E-state index contributed by atoms with van der Waals surface area (Å²) in [6.07, 6.45) is 1.72. The van der Waals surface area contributed by atoms with Crippen LogP contribution in [0.5, 0.6) is 0 Å². The average molecular weight is 484 g/mol. The molecule has 1 aromatic heterocycles. The van der Waals surface area contributed by atoms with Crippen molar-refractivity contribution in [2.45, 2.75) is 0 Å². The number of thiol groups is 2. The lowest BCUT2D eigenvalue weighted by Gasteiger charge is -2.13. The molecule has 0 fully saturated rings. The van der Waals surface area contributed by atoms with E-state index >= 15 is 0 Å². The van der Waals surface area contributed by atoms with E-state index in [1.807, 2.05) is 79.7 Å². The summed E-state index contributed by atoms with van der Waals surface area (Å²) in [6, 6.07) is 20.5. The fourth-order valence-corrected chi connectivity index (χ4v) is 4.68. The van der Waals surface area contributed by atoms with E-state index in [2.05, 4.69) is 4.98 Å². The number of carbonyl (C=O) groups is 1. The number of benzene rings is 3. The highest BCUT2D eigenvalue weighted by Gasteiger charge is 2.25. The van der Waals surface area contributed by atoms with Crippen LogP contribution in [0.15, 0.2) is 72.9 Å². The molecule has 0 saturated heterocycles. The number of hydrogen-bond acceptors (Lipinski definition) is 6. The number of hydrogen-bond donors (Lipinski definition) is 3. The number of aromatic nitrogens is 1. The Morgan fingerprint density at radius 2 is 1.42 bits per heavy atom. The Labute approximate surface area is 194 Å². The molecule has 3 aromatic carbocycles. The van der Waals surface area contributed by atoms with Crippen molar-refractivity contribution in [3.8, 4) is 22.3 Å². The normalized spacial score (nSPS) is 11.3. The summed E-state index contributed by atoms with van der Waals surface area (Å²) >= 11 is 0. The number of amides is 1. The third-order valence-corrected chi connectivity index (χ3v) is 7.17. The molecule has 0 aliphatic rings. The number of nitrogens with zero attached hydrogens (tertiary/aromatic N) is 2. The van der Waals surface area contributed by atoms with Gasteiger partial charge in [0.25, 0.3) is 5.91 Å². The van der Waals surface area contributed by atoms with Gasteiger partial charge in [-0.15, -0.1) is 3.71 Å². The summed E-state index contributed by atoms with van der Waals surface area (Å²) in [5.74, 6) is -1.14. The standard InChI is InChI=1S/C23H21N3O5S2/c1-25(2)18-10-8-16(9-11-18)21-14-24-22-19(21)12-17(15-6-4-3-5-7-15)13-20(22)23(27)26(32(28)29)33(30)31/h3-14,24,32-33H,1-2H3. The van der Waals surface area contributed by atoms with Crippen molar-refractivity contribution in [1.29, 1.82) is 0 Å². The van der Waals surface area contributed by atoms with Crippen LogP contribution in [-0.2, 0) is 21.8 Å². The zero-order chi connectivity index (χ0) is 23.7. The van der Waals surface area contributed by atoms with E-state index in [-0.39, 0.29) is 9.27 Å². The lowest BCUT2D eigenvalue weighted by Crippen LogP contribution is -2.28. The quantitative estimate of drug-likeness (QED) is 0.364. The number of rotatable bonds is 6. The van der Waals surface area contributed by atoms with Crippen molar-refractivity contribution < 1.29 is 21.6 Å². The van der Waals surface area contributed by atoms with Gasteiger partial charge in [0.2, 0.25) is 21.8 Å². The maximum Gasteiger partial charge on any atom is 0.283 e. The van der Waals surface area contributed by atoms with Gasteiger partial charge in [-0.3, -0.25) is 4.79 Å². The first-order chi connectivity index (χ1) is 15.8. The van der Waals surface area contributed by atoms with Gasteiger partial charge in [-0.1, -0.05) is 42.5 Å². The molecule has 0 bridgehead atoms. The number of aromatic amines is 1. The molecule has 0 spiro atoms. The molecular formula is C23H21N3O5S2. The third-order valence-electron chi connectivity index (χ3n) is 5.31. The predicted molar refractivity (Wildman–Crippen MR) is 130 cm³/mol. The van der Waals surface area contributed by atoms with Gasteiger partial charge >= 0.3 is 0 Å². The Hall–Kier alpha value is -3.63. The minimum Gasteiger partial charge on any atom is -0.378 e. The van der Waals surface area contributed by atoms with Crippen molar-refractivity contribution in [3.63, 3.8) is 0 Å². The van der Waals surface area contributed by atoms with E-state index < -0.39 is 27.7 Å². The molecule has 4 aromatic rings. The van der Waals surface area contributed by atoms with Crippen LogP contribution in [0.3, 0.4) is 0 Å². The molecule has 33 heavy (non-hydrogen) atoms. The Kier molecular flexibility index (Phi) is 6.21. The molecule has 0 aliphatic carbocycles. The number of H-pyrrole nitrogens is 1. The molecule has 4 rings (SSSR count). The van der Waals surface area contributed by atoms with Crippen molar-refractivity contribution >= 4 is 44.3 Å². The number of anilines is 1. The Balaban J connectivity index is 1.97. The van der Waals surface area contributed by atoms with Crippen molar-refractivity contribution in [2.75, 3.05) is 19.0 Å². The van der Waals surface area contributed by atoms with Gasteiger partial charge in [-0.2, -0.15) is 0 Å². The van der Waals surface area contributed by atoms with Crippen LogP contribution in [0, 0.1) is 0 Å². The van der Waals surface area contributed by atoms with Crippen LogP contribution in [0.2, 0.25) is 0 Å². The second-order valence-corrected chi connectivity index (χ2v) is 9.59. The first kappa shape index (κ1) is 22.6. The molecule has 0 atom stereocenters. The zero-order valence-electron chi connectivity index (χ0n) is 17.8. The molecule has 8 nitrogen and oxygen atoms in total. The second-order valence-electron chi connectivity index (χ2n) is 7.53. The molecule has 0 saturated carbocycles. The largest absolute Gasteiger partial charge is 0.378 e. The minimum absolute atomic E-state index is 0.0547. The van der Waals surface area contributed by atoms with Gasteiger partial charge < -0.3 is 9.88 Å². The number of carbonyl (C=O) groups excluding carboxylic acids is 1. The second kappa shape index (κ2) is 9.08. The summed E-state index contributed by atoms with van der Waals surface area (Å²) in [6.45, 7) is 0. The molecular weight excluding hydrogens is 462 g/mol. The molecule has 0 unspecified atom stereocenters. The number of nitrogens with one attached hydrogen (secondary N) is 1. The van der Waals surface area contributed by atoms with E-state index in [9.17, 15) is 21.6 Å². The Morgan fingerprint density at radius 3 is 2.00 bits per heavy atom. The maximum absolute atomic E-state index is 13.0. The zero-order valence-corrected chi connectivity index (χ0v) is 19.5. The van der Waals surface area contributed by atoms with E-state index in [1.54, 1.807) is 6.20 Å². The van der Waals surface area contributed by atoms with Gasteiger partial charge in [0.15, 0.2) is 0 Å². The highest BCUT2D eigenvalue weighted by molar-refractivity contribution is 7.86. The van der Waals surface area contributed by atoms with Crippen molar-refractivity contribution in [1.82, 2.24) is 8.69 Å². The average Bonchev–Trinajstić information content (AvgIpc) is 3.22. The minimum atomic E-state index is -3.66. The van der Waals surface area contributed by atoms with Crippen molar-refractivity contribution in [2.24, 2.45) is 0 Å². The summed E-state index contributed by atoms with van der Waals surface area (Å²) in [4.78, 5) is 18.0. The van der Waals surface area contributed by atoms with Crippen LogP contribution in [0.25, 0.3) is 33.2 Å². The smallest absolute Gasteiger partial charge is 0.283 e. The first-order valence-electron chi connectivity index (χ1n) is 9.89. The van der Waals surface area contributed by atoms with Crippen LogP contribution in [0.4, 0.5) is 5.69 Å². The van der Waals surface area contributed by atoms with Gasteiger partial charge in [0, 0.05) is 36.9 Å². The number of fused-ring (bicyclic) bond motifs is 1. The van der Waals surface area contributed by atoms with Crippen LogP contribution in [-0.4, -0.2) is 45.5 Å². The van der Waals surface area contributed by atoms with Crippen molar-refractivity contribution in [3.05, 3.63) is 78.5 Å². The molecule has 1 heterocycles. The van der Waals surface area contributed by atoms with Gasteiger partial charge in [0.05, 0.1) is 11.1 Å². The molecule has 10 heteroatoms. The van der Waals surface area contributed by atoms with Crippen LogP contribution < -0.4 is 4.90 Å². The van der Waals surface area contributed by atoms with E-state index in [0.717, 1.165) is 22.4 Å². The Morgan fingerprint density at radius 1 is 0.788 bits per heavy atom. The van der Waals surface area contributed by atoms with Gasteiger partial charge in [0.1, 0.15) is 0 Å². The van der Waals surface area contributed by atoms with Crippen LogP contribution in [0.1, 0.15) is 10.4 Å². The topological polar surface area (TPSA) is 108 Å². The third kappa shape index (κ3) is 4.35. The lowest BCUT2D eigenvalue weighted by atomic mass is 9.96. The summed E-state index contributed by atoms with van der Waals surface area (Å²) < 4.78 is 45.9. The summed E-state index contributed by atoms with van der Waals surface area (Å²) in [5.41, 5.74) is 4.45. The SMILES string of the molecule is CN(C)c1ccc(-c2c[nH]c3c(C(=O)N([SH](=O)=O)[SH](=O)=O)cc(-c4ccccc4)cc23)cc1. The molecule has 0 aliphatic heterocycles. The molecule has 0 radical (unpaired) electrons. The fraction of sp³-hybridized carbons (Fsp3) is 0.0870. The highest BCUT2D eigenvalue weighted by atomic mass is 32.2. The highest BCUT2D eigenvalue weighted by Crippen LogP contribution is 2.35. The van der Waals surface area contributed by atoms with Crippen LogP contribution >= 0.6 is 0 Å². The fourth-order valence-electron chi connectivity index (χ4n) is 3.69. The van der Waals surface area contributed by atoms with Gasteiger partial charge in [-0.05, 0) is 41.0 Å². The molecule has 170 valence electrons. The molecule has 1 amide bonds. The monoisotopic (exact) mass is 483 g/mol. The lowest BCUT2D eigenvalue weighted by molar-refractivity contribution is 0.0927. The van der Waals surface area contributed by atoms with E-state index in [1.165, 1.54) is 6.07 Å². The summed E-state index contributed by atoms with van der Waals surface area (Å²) in [5, 5.41) is 0.666. The molecule has 1 N–H and O–H groups in total. The van der Waals surface area contributed by atoms with E-state index in [4.69, 9.17) is 0 Å². The van der Waals surface area contributed by atoms with E-state index in [0.29, 0.717) is 16.5 Å². The summed E-state index contributed by atoms with van der Waals surface area (Å²) in [7, 11) is -3.44. The maximum atomic E-state index is 13.0. The Bertz CT molecular complexity index is 1450. The predicted octanol–water partition coefficient (Wildman–Crippen LogP) is 3.06. The van der Waals surface area contributed by atoms with Gasteiger partial charge in [-0.25, -0.2) is 16.8 Å². The first-order valence-corrected chi connectivity index (χ1v) is 12.2.